The van der Waals surface area contributed by atoms with Gasteiger partial charge >= 0.3 is 5.97 Å². The van der Waals surface area contributed by atoms with Gasteiger partial charge in [0.25, 0.3) is 5.91 Å². The van der Waals surface area contributed by atoms with Gasteiger partial charge in [-0.1, -0.05) is 25.5 Å². The maximum atomic E-state index is 12.9. The first-order chi connectivity index (χ1) is 12.5. The molecule has 138 valence electrons. The summed E-state index contributed by atoms with van der Waals surface area (Å²) in [5.74, 6) is -1.46. The van der Waals surface area contributed by atoms with Gasteiger partial charge in [-0.2, -0.15) is 0 Å². The lowest BCUT2D eigenvalue weighted by molar-refractivity contribution is -0.123. The standard InChI is InChI=1S/C20H23FN2O3/c1-3-4-13-22-18-8-6-5-7-17(18)20(25)26-14(2)19(24)23-16-11-9-15(21)10-12-16/h5-12,14,22H,3-4,13H2,1-2H3,(H,23,24)/t14-/m1/s1. The fraction of sp³-hybridized carbons (Fsp3) is 0.300. The first kappa shape index (κ1) is 19.4. The zero-order valence-electron chi connectivity index (χ0n) is 14.9. The van der Waals surface area contributed by atoms with E-state index in [2.05, 4.69) is 17.6 Å². The largest absolute Gasteiger partial charge is 0.449 e. The molecule has 26 heavy (non-hydrogen) atoms. The van der Waals surface area contributed by atoms with Crippen molar-refractivity contribution in [3.8, 4) is 0 Å². The highest BCUT2D eigenvalue weighted by atomic mass is 19.1. The van der Waals surface area contributed by atoms with Crippen LogP contribution in [0.4, 0.5) is 15.8 Å². The van der Waals surface area contributed by atoms with E-state index in [0.29, 0.717) is 16.9 Å². The average Bonchev–Trinajstić information content (AvgIpc) is 2.64. The number of hydrogen-bond acceptors (Lipinski definition) is 4. The number of halogens is 1. The van der Waals surface area contributed by atoms with Crippen LogP contribution in [0.3, 0.4) is 0 Å². The second kappa shape index (κ2) is 9.56. The lowest BCUT2D eigenvalue weighted by Crippen LogP contribution is -2.30. The Hall–Kier alpha value is -2.89. The van der Waals surface area contributed by atoms with Gasteiger partial charge in [-0.3, -0.25) is 4.79 Å². The van der Waals surface area contributed by atoms with Crippen LogP contribution < -0.4 is 10.6 Å². The lowest BCUT2D eigenvalue weighted by atomic mass is 10.1. The van der Waals surface area contributed by atoms with Gasteiger partial charge in [0.05, 0.1) is 5.56 Å². The highest BCUT2D eigenvalue weighted by Crippen LogP contribution is 2.17. The minimum Gasteiger partial charge on any atom is -0.449 e. The Morgan fingerprint density at radius 3 is 2.50 bits per heavy atom. The smallest absolute Gasteiger partial charge is 0.341 e. The monoisotopic (exact) mass is 358 g/mol. The number of carbonyl (C=O) groups excluding carboxylic acids is 2. The second-order valence-corrected chi connectivity index (χ2v) is 5.87. The van der Waals surface area contributed by atoms with Gasteiger partial charge < -0.3 is 15.4 Å². The average molecular weight is 358 g/mol. The Kier molecular flexibility index (Phi) is 7.14. The molecule has 2 rings (SSSR count). The molecule has 5 nitrogen and oxygen atoms in total. The van der Waals surface area contributed by atoms with E-state index >= 15 is 0 Å². The van der Waals surface area contributed by atoms with E-state index in [4.69, 9.17) is 4.74 Å². The number of esters is 1. The summed E-state index contributed by atoms with van der Waals surface area (Å²) < 4.78 is 18.2. The highest BCUT2D eigenvalue weighted by molar-refractivity contribution is 5.99. The number of para-hydroxylation sites is 1. The maximum Gasteiger partial charge on any atom is 0.341 e. The summed E-state index contributed by atoms with van der Waals surface area (Å²) in [4.78, 5) is 24.6. The highest BCUT2D eigenvalue weighted by Gasteiger charge is 2.20. The van der Waals surface area contributed by atoms with Crippen LogP contribution >= 0.6 is 0 Å². The van der Waals surface area contributed by atoms with Crippen LogP contribution in [-0.2, 0) is 9.53 Å². The van der Waals surface area contributed by atoms with Crippen molar-refractivity contribution in [3.05, 3.63) is 59.9 Å². The second-order valence-electron chi connectivity index (χ2n) is 5.87. The SMILES string of the molecule is CCCCNc1ccccc1C(=O)O[C@H](C)C(=O)Nc1ccc(F)cc1. The van der Waals surface area contributed by atoms with Crippen molar-refractivity contribution in [2.24, 2.45) is 0 Å². The number of anilines is 2. The Morgan fingerprint density at radius 1 is 1.12 bits per heavy atom. The van der Waals surface area contributed by atoms with Crippen LogP contribution in [0.25, 0.3) is 0 Å². The van der Waals surface area contributed by atoms with Crippen LogP contribution in [0.5, 0.6) is 0 Å². The van der Waals surface area contributed by atoms with Crippen LogP contribution in [0.1, 0.15) is 37.0 Å². The zero-order chi connectivity index (χ0) is 18.9. The molecule has 0 aliphatic rings. The molecule has 0 aliphatic heterocycles. The van der Waals surface area contributed by atoms with E-state index in [9.17, 15) is 14.0 Å². The van der Waals surface area contributed by atoms with E-state index < -0.39 is 23.8 Å². The summed E-state index contributed by atoms with van der Waals surface area (Å²) in [7, 11) is 0. The summed E-state index contributed by atoms with van der Waals surface area (Å²) in [6, 6.07) is 12.4. The molecule has 0 spiro atoms. The molecule has 2 aromatic rings. The van der Waals surface area contributed by atoms with Crippen molar-refractivity contribution in [3.63, 3.8) is 0 Å². The normalized spacial score (nSPS) is 11.5. The van der Waals surface area contributed by atoms with Gasteiger partial charge in [-0.15, -0.1) is 0 Å². The zero-order valence-corrected chi connectivity index (χ0v) is 14.9. The van der Waals surface area contributed by atoms with E-state index in [1.54, 1.807) is 18.2 Å². The summed E-state index contributed by atoms with van der Waals surface area (Å²) in [6.07, 6.45) is 1.04. The van der Waals surface area contributed by atoms with Crippen LogP contribution in [-0.4, -0.2) is 24.5 Å². The molecule has 0 aliphatic carbocycles. The number of carbonyl (C=O) groups is 2. The van der Waals surface area contributed by atoms with Gasteiger partial charge in [-0.05, 0) is 49.7 Å². The molecule has 0 heterocycles. The predicted octanol–water partition coefficient (Wildman–Crippen LogP) is 4.22. The fourth-order valence-corrected chi connectivity index (χ4v) is 2.27. The Balaban J connectivity index is 1.97. The molecule has 0 saturated carbocycles. The van der Waals surface area contributed by atoms with Crippen molar-refractivity contribution >= 4 is 23.3 Å². The summed E-state index contributed by atoms with van der Waals surface area (Å²) in [5, 5.41) is 5.79. The third-order valence-electron chi connectivity index (χ3n) is 3.76. The maximum absolute atomic E-state index is 12.9. The number of ether oxygens (including phenoxy) is 1. The van der Waals surface area contributed by atoms with Crippen LogP contribution in [0.2, 0.25) is 0 Å². The molecule has 1 atom stereocenters. The number of amides is 1. The topological polar surface area (TPSA) is 67.4 Å². The Labute approximate surface area is 152 Å². The number of nitrogens with one attached hydrogen (secondary N) is 2. The minimum atomic E-state index is -0.990. The van der Waals surface area contributed by atoms with E-state index in [-0.39, 0.29) is 0 Å². The summed E-state index contributed by atoms with van der Waals surface area (Å²) in [5.41, 5.74) is 1.49. The lowest BCUT2D eigenvalue weighted by Gasteiger charge is -2.15. The molecule has 1 amide bonds. The first-order valence-electron chi connectivity index (χ1n) is 8.61. The summed E-state index contributed by atoms with van der Waals surface area (Å²) >= 11 is 0. The fourth-order valence-electron chi connectivity index (χ4n) is 2.27. The number of unbranched alkanes of at least 4 members (excludes halogenated alkanes) is 1. The van der Waals surface area contributed by atoms with Crippen molar-refractivity contribution in [2.45, 2.75) is 32.8 Å². The number of benzene rings is 2. The van der Waals surface area contributed by atoms with Gasteiger partial charge in [0.15, 0.2) is 6.10 Å². The predicted molar refractivity (Wildman–Crippen MR) is 99.7 cm³/mol. The number of hydrogen-bond donors (Lipinski definition) is 2. The number of rotatable bonds is 8. The minimum absolute atomic E-state index is 0.380. The van der Waals surface area contributed by atoms with Crippen molar-refractivity contribution in [1.29, 1.82) is 0 Å². The first-order valence-corrected chi connectivity index (χ1v) is 8.61. The van der Waals surface area contributed by atoms with E-state index in [0.717, 1.165) is 19.4 Å². The molecular formula is C20H23FN2O3. The molecule has 2 N–H and O–H groups in total. The Morgan fingerprint density at radius 2 is 1.81 bits per heavy atom. The van der Waals surface area contributed by atoms with Gasteiger partial charge in [0.2, 0.25) is 0 Å². The third-order valence-corrected chi connectivity index (χ3v) is 3.76. The van der Waals surface area contributed by atoms with Crippen LogP contribution in [0.15, 0.2) is 48.5 Å². The molecule has 0 bridgehead atoms. The molecular weight excluding hydrogens is 335 g/mol. The molecule has 6 heteroatoms. The van der Waals surface area contributed by atoms with Gasteiger partial charge in [-0.25, -0.2) is 9.18 Å². The van der Waals surface area contributed by atoms with Crippen LogP contribution in [0, 0.1) is 5.82 Å². The van der Waals surface area contributed by atoms with Crippen molar-refractivity contribution < 1.29 is 18.7 Å². The molecule has 0 aromatic heterocycles. The summed E-state index contributed by atoms with van der Waals surface area (Å²) in [6.45, 7) is 4.33. The quantitative estimate of drug-likeness (QED) is 0.548. The molecule has 0 unspecified atom stereocenters. The van der Waals surface area contributed by atoms with Crippen molar-refractivity contribution in [2.75, 3.05) is 17.2 Å². The Bertz CT molecular complexity index is 747. The molecule has 0 saturated heterocycles. The molecule has 0 fully saturated rings. The molecule has 0 radical (unpaired) electrons. The van der Waals surface area contributed by atoms with Gasteiger partial charge in [0, 0.05) is 17.9 Å². The third kappa shape index (κ3) is 5.58. The van der Waals surface area contributed by atoms with Crippen molar-refractivity contribution in [1.82, 2.24) is 0 Å². The van der Waals surface area contributed by atoms with E-state index in [1.807, 2.05) is 6.07 Å². The van der Waals surface area contributed by atoms with E-state index in [1.165, 1.54) is 31.2 Å². The van der Waals surface area contributed by atoms with Gasteiger partial charge in [0.1, 0.15) is 5.82 Å². The molecule has 2 aromatic carbocycles.